The highest BCUT2D eigenvalue weighted by atomic mass is 32.2. The van der Waals surface area contributed by atoms with Gasteiger partial charge in [-0.25, -0.2) is 0 Å². The molecule has 0 radical (unpaired) electrons. The third-order valence-electron chi connectivity index (χ3n) is 2.64. The summed E-state index contributed by atoms with van der Waals surface area (Å²) in [6.45, 7) is 0. The van der Waals surface area contributed by atoms with Crippen molar-refractivity contribution in [2.45, 2.75) is 10.7 Å². The Morgan fingerprint density at radius 3 is 2.50 bits per heavy atom. The van der Waals surface area contributed by atoms with E-state index in [1.165, 1.54) is 48.7 Å². The molecule has 2 aromatic carbocycles. The van der Waals surface area contributed by atoms with Crippen molar-refractivity contribution in [3.63, 3.8) is 0 Å². The quantitative estimate of drug-likeness (QED) is 0.383. The van der Waals surface area contributed by atoms with Crippen molar-refractivity contribution in [3.8, 4) is 5.75 Å². The predicted molar refractivity (Wildman–Crippen MR) is 80.3 cm³/mol. The molecule has 0 amide bonds. The lowest BCUT2D eigenvalue weighted by Gasteiger charge is -2.01. The molecule has 8 heteroatoms. The molecular weight excluding hydrogens is 314 g/mol. The van der Waals surface area contributed by atoms with Crippen LogP contribution in [0.5, 0.6) is 5.75 Å². The van der Waals surface area contributed by atoms with Crippen molar-refractivity contribution in [1.82, 2.24) is 0 Å². The molecular formula is C14H10F2N2O3S. The van der Waals surface area contributed by atoms with E-state index in [4.69, 9.17) is 0 Å². The summed E-state index contributed by atoms with van der Waals surface area (Å²) in [6.07, 6.45) is 1.28. The zero-order valence-corrected chi connectivity index (χ0v) is 11.8. The van der Waals surface area contributed by atoms with E-state index in [1.807, 2.05) is 0 Å². The standard InChI is InChI=1S/C14H10F2N2O3S/c15-14(16)22-12-4-1-10(2-5-12)17-8-9-7-11(18(20)21)3-6-13(9)19/h1-8,14,19H. The Morgan fingerprint density at radius 1 is 1.23 bits per heavy atom. The molecule has 0 aliphatic rings. The average Bonchev–Trinajstić information content (AvgIpc) is 2.47. The summed E-state index contributed by atoms with van der Waals surface area (Å²) in [5.41, 5.74) is 0.507. The minimum absolute atomic E-state index is 0.140. The summed E-state index contributed by atoms with van der Waals surface area (Å²) in [6, 6.07) is 9.66. The number of non-ortho nitro benzene ring substituents is 1. The van der Waals surface area contributed by atoms with Gasteiger partial charge in [-0.1, -0.05) is 11.8 Å². The number of benzene rings is 2. The van der Waals surface area contributed by atoms with Crippen LogP contribution in [0.4, 0.5) is 20.2 Å². The molecule has 5 nitrogen and oxygen atoms in total. The molecule has 114 valence electrons. The van der Waals surface area contributed by atoms with Crippen molar-refractivity contribution in [1.29, 1.82) is 0 Å². The van der Waals surface area contributed by atoms with Gasteiger partial charge >= 0.3 is 0 Å². The second kappa shape index (κ2) is 6.99. The predicted octanol–water partition coefficient (Wildman–Crippen LogP) is 4.37. The van der Waals surface area contributed by atoms with Gasteiger partial charge in [-0.3, -0.25) is 15.1 Å². The van der Waals surface area contributed by atoms with Crippen LogP contribution in [0.15, 0.2) is 52.4 Å². The number of nitro benzene ring substituents is 1. The average molecular weight is 324 g/mol. The summed E-state index contributed by atoms with van der Waals surface area (Å²) in [7, 11) is 0. The zero-order chi connectivity index (χ0) is 16.1. The smallest absolute Gasteiger partial charge is 0.288 e. The van der Waals surface area contributed by atoms with Crippen LogP contribution in [-0.4, -0.2) is 22.0 Å². The molecule has 0 bridgehead atoms. The topological polar surface area (TPSA) is 75.7 Å². The first-order valence-electron chi connectivity index (χ1n) is 6.02. The van der Waals surface area contributed by atoms with Gasteiger partial charge in [-0.15, -0.1) is 0 Å². The molecule has 0 aliphatic carbocycles. The van der Waals surface area contributed by atoms with Crippen LogP contribution in [0.25, 0.3) is 0 Å². The van der Waals surface area contributed by atoms with Crippen LogP contribution >= 0.6 is 11.8 Å². The van der Waals surface area contributed by atoms with Gasteiger partial charge in [0, 0.05) is 28.8 Å². The maximum absolute atomic E-state index is 12.2. The Hall–Kier alpha value is -2.48. The molecule has 0 heterocycles. The number of phenols is 1. The van der Waals surface area contributed by atoms with Crippen LogP contribution in [0.2, 0.25) is 0 Å². The highest BCUT2D eigenvalue weighted by molar-refractivity contribution is 7.99. The van der Waals surface area contributed by atoms with Gasteiger partial charge in [0.1, 0.15) is 5.75 Å². The number of nitrogens with zero attached hydrogens (tertiary/aromatic N) is 2. The van der Waals surface area contributed by atoms with E-state index >= 15 is 0 Å². The number of hydrogen-bond acceptors (Lipinski definition) is 5. The van der Waals surface area contributed by atoms with Crippen molar-refractivity contribution in [2.24, 2.45) is 4.99 Å². The Bertz CT molecular complexity index is 706. The van der Waals surface area contributed by atoms with Crippen LogP contribution in [-0.2, 0) is 0 Å². The van der Waals surface area contributed by atoms with Crippen LogP contribution < -0.4 is 0 Å². The number of rotatable bonds is 5. The van der Waals surface area contributed by atoms with Crippen molar-refractivity contribution in [3.05, 3.63) is 58.1 Å². The van der Waals surface area contributed by atoms with E-state index in [0.717, 1.165) is 0 Å². The second-order valence-corrected chi connectivity index (χ2v) is 5.19. The molecule has 1 N–H and O–H groups in total. The second-order valence-electron chi connectivity index (χ2n) is 4.13. The molecule has 0 saturated carbocycles. The van der Waals surface area contributed by atoms with Crippen molar-refractivity contribution < 1.29 is 18.8 Å². The van der Waals surface area contributed by atoms with Crippen LogP contribution in [0.1, 0.15) is 5.56 Å². The molecule has 0 saturated heterocycles. The highest BCUT2D eigenvalue weighted by Crippen LogP contribution is 2.27. The zero-order valence-electron chi connectivity index (χ0n) is 11.0. The van der Waals surface area contributed by atoms with Gasteiger partial charge in [-0.05, 0) is 30.3 Å². The lowest BCUT2D eigenvalue weighted by atomic mass is 10.2. The molecule has 0 unspecified atom stereocenters. The number of aromatic hydroxyl groups is 1. The number of hydrogen-bond donors (Lipinski definition) is 1. The lowest BCUT2D eigenvalue weighted by molar-refractivity contribution is -0.384. The number of thioether (sulfide) groups is 1. The minimum Gasteiger partial charge on any atom is -0.507 e. The maximum atomic E-state index is 12.2. The van der Waals surface area contributed by atoms with Gasteiger partial charge in [0.05, 0.1) is 10.6 Å². The fourth-order valence-corrected chi connectivity index (χ4v) is 2.12. The van der Waals surface area contributed by atoms with E-state index < -0.39 is 10.7 Å². The van der Waals surface area contributed by atoms with Gasteiger partial charge in [0.25, 0.3) is 11.4 Å². The fraction of sp³-hybridized carbons (Fsp3) is 0.0714. The van der Waals surface area contributed by atoms with E-state index in [-0.39, 0.29) is 17.0 Å². The third kappa shape index (κ3) is 4.26. The lowest BCUT2D eigenvalue weighted by Crippen LogP contribution is -1.90. The van der Waals surface area contributed by atoms with E-state index in [2.05, 4.69) is 4.99 Å². The minimum atomic E-state index is -2.49. The number of phenolic OH excluding ortho intramolecular Hbond substituents is 1. The fourth-order valence-electron chi connectivity index (χ4n) is 1.62. The summed E-state index contributed by atoms with van der Waals surface area (Å²) in [4.78, 5) is 14.6. The van der Waals surface area contributed by atoms with E-state index in [0.29, 0.717) is 22.3 Å². The molecule has 0 aliphatic heterocycles. The highest BCUT2D eigenvalue weighted by Gasteiger charge is 2.09. The normalized spacial score (nSPS) is 11.2. The van der Waals surface area contributed by atoms with Gasteiger partial charge in [-0.2, -0.15) is 8.78 Å². The van der Waals surface area contributed by atoms with Gasteiger partial charge < -0.3 is 5.11 Å². The summed E-state index contributed by atoms with van der Waals surface area (Å²) in [5, 5.41) is 20.3. The molecule has 0 atom stereocenters. The molecule has 0 aromatic heterocycles. The number of alkyl halides is 2. The Kier molecular flexibility index (Phi) is 5.05. The largest absolute Gasteiger partial charge is 0.507 e. The first-order chi connectivity index (χ1) is 10.5. The van der Waals surface area contributed by atoms with Gasteiger partial charge in [0.15, 0.2) is 0 Å². The Labute approximate surface area is 128 Å². The van der Waals surface area contributed by atoms with Gasteiger partial charge in [0.2, 0.25) is 0 Å². The third-order valence-corrected chi connectivity index (χ3v) is 3.36. The Balaban J connectivity index is 2.18. The molecule has 2 aromatic rings. The monoisotopic (exact) mass is 324 g/mol. The first-order valence-corrected chi connectivity index (χ1v) is 6.90. The van der Waals surface area contributed by atoms with E-state index in [1.54, 1.807) is 0 Å². The maximum Gasteiger partial charge on any atom is 0.288 e. The molecule has 0 spiro atoms. The molecule has 0 fully saturated rings. The molecule has 22 heavy (non-hydrogen) atoms. The van der Waals surface area contributed by atoms with Crippen LogP contribution in [0.3, 0.4) is 0 Å². The van der Waals surface area contributed by atoms with E-state index in [9.17, 15) is 24.0 Å². The molecule has 2 rings (SSSR count). The number of aliphatic imine (C=N–C) groups is 1. The number of halogens is 2. The SMILES string of the molecule is O=[N+]([O-])c1ccc(O)c(C=Nc2ccc(SC(F)F)cc2)c1. The van der Waals surface area contributed by atoms with Crippen molar-refractivity contribution in [2.75, 3.05) is 0 Å². The Morgan fingerprint density at radius 2 is 1.91 bits per heavy atom. The van der Waals surface area contributed by atoms with Crippen LogP contribution in [0, 0.1) is 10.1 Å². The summed E-state index contributed by atoms with van der Waals surface area (Å²) >= 11 is 0.429. The number of nitro groups is 1. The summed E-state index contributed by atoms with van der Waals surface area (Å²) in [5.74, 6) is -2.63. The van der Waals surface area contributed by atoms with Crippen molar-refractivity contribution >= 4 is 29.4 Å². The summed E-state index contributed by atoms with van der Waals surface area (Å²) < 4.78 is 24.4. The first kappa shape index (κ1) is 15.9.